The highest BCUT2D eigenvalue weighted by atomic mass is 16.3. The Hall–Kier alpha value is -0.160. The van der Waals surface area contributed by atoms with Crippen LogP contribution in [0, 0.1) is 5.92 Å². The first-order valence-electron chi connectivity index (χ1n) is 7.21. The molecule has 0 aliphatic heterocycles. The second kappa shape index (κ2) is 10.7. The first-order chi connectivity index (χ1) is 8.64. The van der Waals surface area contributed by atoms with Crippen LogP contribution in [-0.4, -0.2) is 47.2 Å². The molecular weight excluding hydrogens is 230 g/mol. The molecule has 0 radical (unpaired) electrons. The van der Waals surface area contributed by atoms with Gasteiger partial charge in [-0.3, -0.25) is 0 Å². The molecule has 0 saturated carbocycles. The minimum atomic E-state index is -0.934. The van der Waals surface area contributed by atoms with Crippen LogP contribution < -0.4 is 5.32 Å². The number of rotatable bonds is 12. The number of nitrogens with one attached hydrogen (secondary N) is 1. The van der Waals surface area contributed by atoms with Crippen molar-refractivity contribution in [3.05, 3.63) is 0 Å². The van der Waals surface area contributed by atoms with Gasteiger partial charge in [0.15, 0.2) is 0 Å². The molecule has 0 amide bonds. The van der Waals surface area contributed by atoms with Gasteiger partial charge in [-0.05, 0) is 18.9 Å². The zero-order chi connectivity index (χ0) is 13.9. The third kappa shape index (κ3) is 7.31. The number of aliphatic hydroxyl groups is 3. The second-order valence-corrected chi connectivity index (χ2v) is 5.44. The van der Waals surface area contributed by atoms with E-state index in [4.69, 9.17) is 0 Å². The van der Waals surface area contributed by atoms with Crippen LogP contribution in [0.1, 0.15) is 52.4 Å². The van der Waals surface area contributed by atoms with Crippen LogP contribution in [0.4, 0.5) is 0 Å². The average molecular weight is 261 g/mol. The van der Waals surface area contributed by atoms with Crippen molar-refractivity contribution in [1.82, 2.24) is 5.32 Å². The van der Waals surface area contributed by atoms with E-state index >= 15 is 0 Å². The van der Waals surface area contributed by atoms with Crippen molar-refractivity contribution in [2.45, 2.75) is 57.9 Å². The maximum Gasteiger partial charge on any atom is 0.0881 e. The molecule has 0 aromatic carbocycles. The summed E-state index contributed by atoms with van der Waals surface area (Å²) in [4.78, 5) is 0. The smallest absolute Gasteiger partial charge is 0.0881 e. The summed E-state index contributed by atoms with van der Waals surface area (Å²) < 4.78 is 0. The highest BCUT2D eigenvalue weighted by Gasteiger charge is 2.27. The van der Waals surface area contributed by atoms with Gasteiger partial charge >= 0.3 is 0 Å². The molecule has 0 fully saturated rings. The highest BCUT2D eigenvalue weighted by molar-refractivity contribution is 4.86. The van der Waals surface area contributed by atoms with Gasteiger partial charge < -0.3 is 20.6 Å². The Balaban J connectivity index is 3.71. The summed E-state index contributed by atoms with van der Waals surface area (Å²) in [7, 11) is 0. The molecule has 0 aliphatic carbocycles. The quantitative estimate of drug-likeness (QED) is 0.399. The maximum atomic E-state index is 9.18. The Labute approximate surface area is 111 Å². The lowest BCUT2D eigenvalue weighted by molar-refractivity contribution is 0.0400. The van der Waals surface area contributed by atoms with E-state index in [2.05, 4.69) is 19.2 Å². The maximum absolute atomic E-state index is 9.18. The fourth-order valence-corrected chi connectivity index (χ4v) is 1.91. The van der Waals surface area contributed by atoms with Crippen LogP contribution in [0.5, 0.6) is 0 Å². The molecule has 1 atom stereocenters. The van der Waals surface area contributed by atoms with Crippen molar-refractivity contribution in [3.63, 3.8) is 0 Å². The van der Waals surface area contributed by atoms with E-state index < -0.39 is 5.54 Å². The van der Waals surface area contributed by atoms with Gasteiger partial charge in [-0.1, -0.05) is 46.0 Å². The van der Waals surface area contributed by atoms with E-state index in [1.165, 1.54) is 32.1 Å². The summed E-state index contributed by atoms with van der Waals surface area (Å²) in [6.45, 7) is 4.35. The molecule has 4 nitrogen and oxygen atoms in total. The molecule has 1 unspecified atom stereocenters. The predicted molar refractivity (Wildman–Crippen MR) is 74.5 cm³/mol. The molecule has 0 bridgehead atoms. The van der Waals surface area contributed by atoms with Crippen molar-refractivity contribution >= 4 is 0 Å². The van der Waals surface area contributed by atoms with Crippen LogP contribution >= 0.6 is 0 Å². The second-order valence-electron chi connectivity index (χ2n) is 5.44. The van der Waals surface area contributed by atoms with Crippen molar-refractivity contribution in [1.29, 1.82) is 0 Å². The van der Waals surface area contributed by atoms with E-state index in [9.17, 15) is 15.3 Å². The molecule has 0 spiro atoms. The zero-order valence-corrected chi connectivity index (χ0v) is 12.0. The van der Waals surface area contributed by atoms with Gasteiger partial charge in [0.1, 0.15) is 0 Å². The van der Waals surface area contributed by atoms with Gasteiger partial charge in [-0.2, -0.15) is 0 Å². The van der Waals surface area contributed by atoms with Crippen molar-refractivity contribution in [3.8, 4) is 0 Å². The Morgan fingerprint density at radius 3 is 2.00 bits per heavy atom. The molecule has 0 saturated heterocycles. The van der Waals surface area contributed by atoms with Gasteiger partial charge in [0, 0.05) is 0 Å². The average Bonchev–Trinajstić information content (AvgIpc) is 2.41. The fraction of sp³-hybridized carbons (Fsp3) is 1.00. The predicted octanol–water partition coefficient (Wildman–Crippen LogP) is 1.29. The molecule has 110 valence electrons. The molecule has 4 heteroatoms. The lowest BCUT2D eigenvalue weighted by Crippen LogP contribution is -2.55. The topological polar surface area (TPSA) is 72.7 Å². The van der Waals surface area contributed by atoms with Crippen molar-refractivity contribution in [2.75, 3.05) is 26.4 Å². The molecule has 4 N–H and O–H groups in total. The lowest BCUT2D eigenvalue weighted by atomic mass is 9.99. The Morgan fingerprint density at radius 2 is 1.50 bits per heavy atom. The van der Waals surface area contributed by atoms with Crippen LogP contribution in [0.25, 0.3) is 0 Å². The highest BCUT2D eigenvalue weighted by Crippen LogP contribution is 2.12. The number of hydrogen-bond donors (Lipinski definition) is 4. The Morgan fingerprint density at radius 1 is 0.944 bits per heavy atom. The Bertz CT molecular complexity index is 176. The number of aliphatic hydroxyl groups excluding tert-OH is 3. The summed E-state index contributed by atoms with van der Waals surface area (Å²) >= 11 is 0. The van der Waals surface area contributed by atoms with Gasteiger partial charge in [0.05, 0.1) is 25.4 Å². The molecule has 0 aromatic heterocycles. The van der Waals surface area contributed by atoms with E-state index in [1.54, 1.807) is 0 Å². The third-order valence-corrected chi connectivity index (χ3v) is 3.53. The summed E-state index contributed by atoms with van der Waals surface area (Å²) in [5, 5.41) is 30.6. The van der Waals surface area contributed by atoms with Crippen LogP contribution in [0.15, 0.2) is 0 Å². The van der Waals surface area contributed by atoms with Gasteiger partial charge in [-0.25, -0.2) is 0 Å². The first kappa shape index (κ1) is 17.8. The summed E-state index contributed by atoms with van der Waals surface area (Å²) in [5.74, 6) is 0.496. The molecule has 0 rings (SSSR count). The van der Waals surface area contributed by atoms with Gasteiger partial charge in [-0.15, -0.1) is 0 Å². The Kier molecular flexibility index (Phi) is 10.6. The number of hydrogen-bond acceptors (Lipinski definition) is 4. The van der Waals surface area contributed by atoms with Gasteiger partial charge in [0.2, 0.25) is 0 Å². The standard InChI is InChI=1S/C14H31NO3/c1-3-4-5-6-7-8-13(2)9-15-14(10-16,11-17)12-18/h13,15-18H,3-12H2,1-2H3. The number of unbranched alkanes of at least 4 members (excludes halogenated alkanes) is 4. The van der Waals surface area contributed by atoms with Crippen LogP contribution in [0.2, 0.25) is 0 Å². The van der Waals surface area contributed by atoms with Crippen molar-refractivity contribution < 1.29 is 15.3 Å². The molecule has 0 heterocycles. The van der Waals surface area contributed by atoms with E-state index in [0.717, 1.165) is 13.0 Å². The van der Waals surface area contributed by atoms with E-state index in [-0.39, 0.29) is 19.8 Å². The third-order valence-electron chi connectivity index (χ3n) is 3.53. The minimum absolute atomic E-state index is 0.247. The minimum Gasteiger partial charge on any atom is -0.394 e. The molecular formula is C14H31NO3. The SMILES string of the molecule is CCCCCCCC(C)CNC(CO)(CO)CO. The largest absolute Gasteiger partial charge is 0.394 e. The van der Waals surface area contributed by atoms with Crippen LogP contribution in [-0.2, 0) is 0 Å². The molecule has 0 aliphatic rings. The monoisotopic (exact) mass is 261 g/mol. The molecule has 18 heavy (non-hydrogen) atoms. The van der Waals surface area contributed by atoms with E-state index in [1.807, 2.05) is 0 Å². The van der Waals surface area contributed by atoms with Crippen LogP contribution in [0.3, 0.4) is 0 Å². The molecule has 0 aromatic rings. The normalized spacial score (nSPS) is 13.8. The summed E-state index contributed by atoms with van der Waals surface area (Å²) in [5.41, 5.74) is -0.934. The first-order valence-corrected chi connectivity index (χ1v) is 7.21. The van der Waals surface area contributed by atoms with Gasteiger partial charge in [0.25, 0.3) is 0 Å². The zero-order valence-electron chi connectivity index (χ0n) is 12.0. The summed E-state index contributed by atoms with van der Waals surface area (Å²) in [6, 6.07) is 0. The fourth-order valence-electron chi connectivity index (χ4n) is 1.91. The lowest BCUT2D eigenvalue weighted by Gasteiger charge is -2.30. The van der Waals surface area contributed by atoms with E-state index in [0.29, 0.717) is 5.92 Å². The van der Waals surface area contributed by atoms with Crippen molar-refractivity contribution in [2.24, 2.45) is 5.92 Å². The summed E-state index contributed by atoms with van der Waals surface area (Å²) in [6.07, 6.45) is 7.55.